The molecule has 2 amide bonds. The first-order valence-corrected chi connectivity index (χ1v) is 14.4. The van der Waals surface area contributed by atoms with Gasteiger partial charge in [-0.05, 0) is 87.2 Å². The van der Waals surface area contributed by atoms with Gasteiger partial charge in [0, 0.05) is 37.4 Å². The van der Waals surface area contributed by atoms with Gasteiger partial charge in [-0.1, -0.05) is 44.2 Å². The fourth-order valence-corrected chi connectivity index (χ4v) is 6.09. The van der Waals surface area contributed by atoms with Crippen molar-refractivity contribution in [1.29, 1.82) is 0 Å². The molecule has 2 aromatic carbocycles. The van der Waals surface area contributed by atoms with E-state index in [0.29, 0.717) is 24.3 Å². The van der Waals surface area contributed by atoms with Crippen LogP contribution < -0.4 is 15.4 Å². The maximum absolute atomic E-state index is 13.2. The molecule has 0 bridgehead atoms. The van der Waals surface area contributed by atoms with Gasteiger partial charge < -0.3 is 20.3 Å². The molecule has 2 aromatic rings. The van der Waals surface area contributed by atoms with Gasteiger partial charge in [-0.15, -0.1) is 0 Å². The number of likely N-dealkylation sites (tertiary alicyclic amines) is 1. The van der Waals surface area contributed by atoms with Crippen LogP contribution in [0.3, 0.4) is 0 Å². The molecule has 2 atom stereocenters. The summed E-state index contributed by atoms with van der Waals surface area (Å²) in [4.78, 5) is 17.8. The Bertz CT molecular complexity index is 978. The van der Waals surface area contributed by atoms with Gasteiger partial charge in [0.1, 0.15) is 11.6 Å². The number of hydrogen-bond acceptors (Lipinski definition) is 4. The summed E-state index contributed by atoms with van der Waals surface area (Å²) in [7, 11) is 3.93. The zero-order valence-electron chi connectivity index (χ0n) is 23.1. The smallest absolute Gasteiger partial charge is 0.319 e. The highest BCUT2D eigenvalue weighted by Crippen LogP contribution is 2.29. The number of hydrogen-bond donors (Lipinski definition) is 2. The molecule has 2 fully saturated rings. The molecule has 1 saturated carbocycles. The first kappa shape index (κ1) is 28.4. The molecule has 1 aliphatic heterocycles. The number of carbonyl (C=O) groups excluding carboxylic acids is 1. The quantitative estimate of drug-likeness (QED) is 0.361. The van der Waals surface area contributed by atoms with Crippen LogP contribution >= 0.6 is 0 Å². The van der Waals surface area contributed by atoms with E-state index in [4.69, 9.17) is 4.74 Å². The molecule has 7 heteroatoms. The molecule has 6 nitrogen and oxygen atoms in total. The van der Waals surface area contributed by atoms with Gasteiger partial charge in [-0.25, -0.2) is 9.18 Å². The highest BCUT2D eigenvalue weighted by molar-refractivity contribution is 5.89. The first-order valence-electron chi connectivity index (χ1n) is 14.4. The Balaban J connectivity index is 1.31. The van der Waals surface area contributed by atoms with E-state index >= 15 is 0 Å². The van der Waals surface area contributed by atoms with Gasteiger partial charge in [-0.2, -0.15) is 0 Å². The number of nitrogens with zero attached hydrogens (tertiary/aromatic N) is 2. The number of methoxy groups -OCH3 is 1. The molecular formula is C31H45FN4O2. The summed E-state index contributed by atoms with van der Waals surface area (Å²) in [5.74, 6) is 1.32. The summed E-state index contributed by atoms with van der Waals surface area (Å²) < 4.78 is 18.5. The number of amides is 2. The molecule has 4 rings (SSSR count). The monoisotopic (exact) mass is 524 g/mol. The summed E-state index contributed by atoms with van der Waals surface area (Å²) in [5.41, 5.74) is 1.94. The summed E-state index contributed by atoms with van der Waals surface area (Å²) in [5, 5.41) is 5.93. The summed E-state index contributed by atoms with van der Waals surface area (Å²) in [6, 6.07) is 14.9. The molecule has 2 N–H and O–H groups in total. The van der Waals surface area contributed by atoms with Crippen LogP contribution in [0.5, 0.6) is 5.75 Å². The van der Waals surface area contributed by atoms with Crippen molar-refractivity contribution in [3.8, 4) is 5.75 Å². The topological polar surface area (TPSA) is 56.8 Å². The second-order valence-electron chi connectivity index (χ2n) is 11.1. The molecule has 1 saturated heterocycles. The van der Waals surface area contributed by atoms with Crippen molar-refractivity contribution >= 4 is 11.7 Å². The fourth-order valence-electron chi connectivity index (χ4n) is 6.09. The molecule has 0 aromatic heterocycles. The minimum Gasteiger partial charge on any atom is -0.497 e. The number of halogens is 1. The lowest BCUT2D eigenvalue weighted by Gasteiger charge is -2.36. The number of carbonyl (C=O) groups is 1. The molecule has 1 heterocycles. The number of benzene rings is 2. The standard InChI is InChI=1S/C31H45FN4O2/c1-35(23-28-9-6-19-36(28)20-18-24-10-16-30(38-2)17-11-24)29(21-25-7-4-3-5-8-25)22-33-31(37)34-27-14-12-26(32)13-15-27/h10-17,25,28-29H,3-9,18-23H2,1-2H3,(H2,33,34,37)/t28-,29+/m0/s1. The van der Waals surface area contributed by atoms with E-state index in [1.807, 2.05) is 12.1 Å². The lowest BCUT2D eigenvalue weighted by molar-refractivity contribution is 0.136. The SMILES string of the molecule is COc1ccc(CCN2CCC[C@H]2CN(C)[C@@H](CNC(=O)Nc2ccc(F)cc2)CC2CCCCC2)cc1. The van der Waals surface area contributed by atoms with Crippen molar-refractivity contribution in [1.82, 2.24) is 15.1 Å². The third kappa shape index (κ3) is 8.70. The Morgan fingerprint density at radius 3 is 2.50 bits per heavy atom. The van der Waals surface area contributed by atoms with Crippen molar-refractivity contribution in [2.75, 3.05) is 45.7 Å². The number of anilines is 1. The van der Waals surface area contributed by atoms with Gasteiger partial charge in [0.15, 0.2) is 0 Å². The van der Waals surface area contributed by atoms with Gasteiger partial charge in [0.05, 0.1) is 7.11 Å². The van der Waals surface area contributed by atoms with Crippen molar-refractivity contribution in [2.45, 2.75) is 69.9 Å². The molecule has 1 aliphatic carbocycles. The molecule has 208 valence electrons. The number of rotatable bonds is 12. The van der Waals surface area contributed by atoms with Crippen LogP contribution in [0.25, 0.3) is 0 Å². The number of nitrogens with one attached hydrogen (secondary N) is 2. The van der Waals surface area contributed by atoms with Crippen LogP contribution in [0.4, 0.5) is 14.9 Å². The maximum Gasteiger partial charge on any atom is 0.319 e. The third-order valence-electron chi connectivity index (χ3n) is 8.40. The van der Waals surface area contributed by atoms with Gasteiger partial charge in [0.2, 0.25) is 0 Å². The zero-order chi connectivity index (χ0) is 26.7. The Kier molecular flexibility index (Phi) is 10.8. The zero-order valence-corrected chi connectivity index (χ0v) is 23.1. The molecule has 0 radical (unpaired) electrons. The van der Waals surface area contributed by atoms with Crippen molar-refractivity contribution < 1.29 is 13.9 Å². The molecule has 0 spiro atoms. The lowest BCUT2D eigenvalue weighted by Crippen LogP contribution is -2.48. The van der Waals surface area contributed by atoms with Gasteiger partial charge in [0.25, 0.3) is 0 Å². The second-order valence-corrected chi connectivity index (χ2v) is 11.1. The minimum atomic E-state index is -0.310. The Morgan fingerprint density at radius 1 is 1.05 bits per heavy atom. The van der Waals surface area contributed by atoms with Crippen molar-refractivity contribution in [3.63, 3.8) is 0 Å². The summed E-state index contributed by atoms with van der Waals surface area (Å²) in [6.45, 7) is 3.84. The second kappa shape index (κ2) is 14.5. The largest absolute Gasteiger partial charge is 0.497 e. The van der Waals surface area contributed by atoms with Crippen LogP contribution in [0, 0.1) is 11.7 Å². The van der Waals surface area contributed by atoms with E-state index in [0.717, 1.165) is 44.1 Å². The average molecular weight is 525 g/mol. The van der Waals surface area contributed by atoms with Crippen molar-refractivity contribution in [3.05, 3.63) is 59.9 Å². The van der Waals surface area contributed by atoms with E-state index in [9.17, 15) is 9.18 Å². The van der Waals surface area contributed by atoms with E-state index in [1.165, 1.54) is 62.6 Å². The van der Waals surface area contributed by atoms with E-state index in [1.54, 1.807) is 19.2 Å². The van der Waals surface area contributed by atoms with E-state index in [2.05, 4.69) is 39.6 Å². The van der Waals surface area contributed by atoms with E-state index < -0.39 is 0 Å². The molecular weight excluding hydrogens is 479 g/mol. The highest BCUT2D eigenvalue weighted by atomic mass is 19.1. The Hall–Kier alpha value is -2.64. The van der Waals surface area contributed by atoms with Crippen LogP contribution in [-0.2, 0) is 6.42 Å². The van der Waals surface area contributed by atoms with Crippen LogP contribution in [0.15, 0.2) is 48.5 Å². The van der Waals surface area contributed by atoms with Crippen molar-refractivity contribution in [2.24, 2.45) is 5.92 Å². The molecule has 0 unspecified atom stereocenters. The third-order valence-corrected chi connectivity index (χ3v) is 8.40. The Labute approximate surface area is 227 Å². The average Bonchev–Trinajstić information content (AvgIpc) is 3.38. The van der Waals surface area contributed by atoms with Crippen LogP contribution in [-0.4, -0.2) is 68.3 Å². The molecule has 2 aliphatic rings. The van der Waals surface area contributed by atoms with Crippen LogP contribution in [0.1, 0.15) is 56.9 Å². The Morgan fingerprint density at radius 2 is 1.79 bits per heavy atom. The number of ether oxygens (including phenoxy) is 1. The van der Waals surface area contributed by atoms with E-state index in [-0.39, 0.29) is 11.8 Å². The number of urea groups is 1. The normalized spacial score (nSPS) is 19.4. The minimum absolute atomic E-state index is 0.236. The van der Waals surface area contributed by atoms with Crippen LogP contribution in [0.2, 0.25) is 0 Å². The first-order chi connectivity index (χ1) is 18.5. The predicted octanol–water partition coefficient (Wildman–Crippen LogP) is 5.93. The van der Waals surface area contributed by atoms with Gasteiger partial charge >= 0.3 is 6.03 Å². The van der Waals surface area contributed by atoms with Gasteiger partial charge in [-0.3, -0.25) is 4.90 Å². The summed E-state index contributed by atoms with van der Waals surface area (Å²) in [6.07, 6.45) is 11.2. The fraction of sp³-hybridized carbons (Fsp3) is 0.581. The lowest BCUT2D eigenvalue weighted by atomic mass is 9.84. The number of likely N-dealkylation sites (N-methyl/N-ethyl adjacent to an activating group) is 1. The molecule has 38 heavy (non-hydrogen) atoms. The predicted molar refractivity (Wildman–Crippen MR) is 152 cm³/mol. The highest BCUT2D eigenvalue weighted by Gasteiger charge is 2.29. The summed E-state index contributed by atoms with van der Waals surface area (Å²) >= 11 is 0. The maximum atomic E-state index is 13.2.